The van der Waals surface area contributed by atoms with E-state index in [0.717, 1.165) is 4.88 Å². The Morgan fingerprint density at radius 3 is 2.50 bits per heavy atom. The maximum atomic E-state index is 11.8. The maximum absolute atomic E-state index is 11.8. The van der Waals surface area contributed by atoms with E-state index in [1.807, 2.05) is 17.5 Å². The van der Waals surface area contributed by atoms with E-state index < -0.39 is 24.5 Å². The van der Waals surface area contributed by atoms with E-state index in [-0.39, 0.29) is 6.10 Å². The molecular formula is C19H19NO5S. The summed E-state index contributed by atoms with van der Waals surface area (Å²) in [6.45, 7) is 3.14. The Morgan fingerprint density at radius 1 is 1.15 bits per heavy atom. The predicted molar refractivity (Wildman–Crippen MR) is 99.9 cm³/mol. The highest BCUT2D eigenvalue weighted by Crippen LogP contribution is 2.12. The first-order valence-electron chi connectivity index (χ1n) is 7.93. The first-order valence-corrected chi connectivity index (χ1v) is 8.81. The van der Waals surface area contributed by atoms with Crippen molar-refractivity contribution in [3.8, 4) is 0 Å². The van der Waals surface area contributed by atoms with Gasteiger partial charge in [0.2, 0.25) is 0 Å². The third-order valence-corrected chi connectivity index (χ3v) is 3.86. The highest BCUT2D eigenvalue weighted by atomic mass is 32.1. The van der Waals surface area contributed by atoms with Crippen LogP contribution in [0.4, 0.5) is 5.69 Å². The molecule has 0 fully saturated rings. The van der Waals surface area contributed by atoms with Gasteiger partial charge >= 0.3 is 11.9 Å². The van der Waals surface area contributed by atoms with Gasteiger partial charge in [-0.05, 0) is 55.6 Å². The Labute approximate surface area is 155 Å². The molecule has 1 amide bonds. The molecule has 0 atom stereocenters. The molecule has 0 saturated heterocycles. The molecule has 0 spiro atoms. The normalized spacial score (nSPS) is 10.7. The zero-order valence-corrected chi connectivity index (χ0v) is 15.2. The van der Waals surface area contributed by atoms with Crippen LogP contribution in [0.2, 0.25) is 0 Å². The topological polar surface area (TPSA) is 81.7 Å². The molecule has 0 saturated carbocycles. The summed E-state index contributed by atoms with van der Waals surface area (Å²) in [5.74, 6) is -1.50. The minimum Gasteiger partial charge on any atom is -0.459 e. The van der Waals surface area contributed by atoms with Gasteiger partial charge in [-0.3, -0.25) is 4.79 Å². The molecule has 0 aliphatic rings. The minimum absolute atomic E-state index is 0.203. The number of ether oxygens (including phenoxy) is 2. The molecule has 2 rings (SSSR count). The SMILES string of the molecule is CC(C)OC(=O)c1ccc(NC(=O)COC(=O)/C=C/c2cccs2)cc1. The number of nitrogens with one attached hydrogen (secondary N) is 1. The van der Waals surface area contributed by atoms with Gasteiger partial charge in [0.05, 0.1) is 11.7 Å². The quantitative estimate of drug-likeness (QED) is 0.593. The van der Waals surface area contributed by atoms with Crippen LogP contribution in [0.15, 0.2) is 47.9 Å². The van der Waals surface area contributed by atoms with Crippen molar-refractivity contribution in [3.63, 3.8) is 0 Å². The van der Waals surface area contributed by atoms with Crippen LogP contribution in [0, 0.1) is 0 Å². The number of rotatable bonds is 7. The Morgan fingerprint density at radius 2 is 1.88 bits per heavy atom. The molecule has 0 unspecified atom stereocenters. The van der Waals surface area contributed by atoms with Gasteiger partial charge in [0.25, 0.3) is 5.91 Å². The third-order valence-electron chi connectivity index (χ3n) is 3.02. The number of hydrogen-bond donors (Lipinski definition) is 1. The Bertz CT molecular complexity index is 779. The van der Waals surface area contributed by atoms with Crippen LogP contribution in [0.1, 0.15) is 29.1 Å². The van der Waals surface area contributed by atoms with Crippen molar-refractivity contribution in [3.05, 3.63) is 58.3 Å². The molecule has 6 nitrogen and oxygen atoms in total. The fraction of sp³-hybridized carbons (Fsp3) is 0.211. The lowest BCUT2D eigenvalue weighted by Crippen LogP contribution is -2.20. The summed E-state index contributed by atoms with van der Waals surface area (Å²) < 4.78 is 9.96. The van der Waals surface area contributed by atoms with Gasteiger partial charge in [-0.15, -0.1) is 11.3 Å². The van der Waals surface area contributed by atoms with Gasteiger partial charge in [0.15, 0.2) is 6.61 Å². The second-order valence-electron chi connectivity index (χ2n) is 5.54. The van der Waals surface area contributed by atoms with E-state index in [1.54, 1.807) is 44.2 Å². The van der Waals surface area contributed by atoms with Crippen molar-refractivity contribution in [2.24, 2.45) is 0 Å². The summed E-state index contributed by atoms with van der Waals surface area (Å²) >= 11 is 1.49. The molecule has 1 heterocycles. The highest BCUT2D eigenvalue weighted by Gasteiger charge is 2.10. The number of esters is 2. The molecule has 1 N–H and O–H groups in total. The summed E-state index contributed by atoms with van der Waals surface area (Å²) in [5.41, 5.74) is 0.878. The zero-order valence-electron chi connectivity index (χ0n) is 14.4. The predicted octanol–water partition coefficient (Wildman–Crippen LogP) is 3.51. The first kappa shape index (κ1) is 19.4. The van der Waals surface area contributed by atoms with E-state index >= 15 is 0 Å². The van der Waals surface area contributed by atoms with Crippen LogP contribution in [-0.2, 0) is 19.1 Å². The molecule has 0 radical (unpaired) electrons. The lowest BCUT2D eigenvalue weighted by Gasteiger charge is -2.09. The molecule has 1 aromatic heterocycles. The van der Waals surface area contributed by atoms with E-state index in [1.165, 1.54) is 17.4 Å². The van der Waals surface area contributed by atoms with Gasteiger partial charge in [-0.1, -0.05) is 6.07 Å². The standard InChI is InChI=1S/C19H19NO5S/c1-13(2)25-19(23)14-5-7-15(8-6-14)20-17(21)12-24-18(22)10-9-16-4-3-11-26-16/h3-11,13H,12H2,1-2H3,(H,20,21)/b10-9+. The summed E-state index contributed by atoms with van der Waals surface area (Å²) in [6, 6.07) is 9.99. The zero-order chi connectivity index (χ0) is 18.9. The van der Waals surface area contributed by atoms with Crippen LogP contribution in [0.25, 0.3) is 6.08 Å². The van der Waals surface area contributed by atoms with Crippen LogP contribution in [0.3, 0.4) is 0 Å². The average molecular weight is 373 g/mol. The van der Waals surface area contributed by atoms with E-state index in [0.29, 0.717) is 11.3 Å². The smallest absolute Gasteiger partial charge is 0.338 e. The molecule has 26 heavy (non-hydrogen) atoms. The number of thiophene rings is 1. The van der Waals surface area contributed by atoms with Gasteiger partial charge in [0, 0.05) is 16.6 Å². The van der Waals surface area contributed by atoms with Crippen LogP contribution >= 0.6 is 11.3 Å². The fourth-order valence-corrected chi connectivity index (χ4v) is 2.51. The lowest BCUT2D eigenvalue weighted by molar-refractivity contribution is -0.142. The number of amides is 1. The Balaban J connectivity index is 1.78. The number of carbonyl (C=O) groups excluding carboxylic acids is 3. The Hall–Kier alpha value is -2.93. The Kier molecular flexibility index (Phi) is 7.11. The van der Waals surface area contributed by atoms with Crippen molar-refractivity contribution >= 4 is 40.9 Å². The lowest BCUT2D eigenvalue weighted by atomic mass is 10.2. The summed E-state index contributed by atoms with van der Waals surface area (Å²) in [7, 11) is 0. The molecular weight excluding hydrogens is 354 g/mol. The van der Waals surface area contributed by atoms with Gasteiger partial charge in [0.1, 0.15) is 0 Å². The van der Waals surface area contributed by atoms with E-state index in [2.05, 4.69) is 5.32 Å². The van der Waals surface area contributed by atoms with Gasteiger partial charge in [-0.25, -0.2) is 9.59 Å². The third kappa shape index (κ3) is 6.52. The van der Waals surface area contributed by atoms with E-state index in [9.17, 15) is 14.4 Å². The summed E-state index contributed by atoms with van der Waals surface area (Å²) in [4.78, 5) is 36.0. The van der Waals surface area contributed by atoms with Crippen molar-refractivity contribution in [2.75, 3.05) is 11.9 Å². The molecule has 0 aliphatic carbocycles. The molecule has 0 aliphatic heterocycles. The van der Waals surface area contributed by atoms with Crippen LogP contribution < -0.4 is 5.32 Å². The second kappa shape index (κ2) is 9.53. The largest absolute Gasteiger partial charge is 0.459 e. The fourth-order valence-electron chi connectivity index (χ4n) is 1.89. The average Bonchev–Trinajstić information content (AvgIpc) is 3.11. The number of hydrogen-bond acceptors (Lipinski definition) is 6. The minimum atomic E-state index is -0.597. The van der Waals surface area contributed by atoms with Gasteiger partial charge in [-0.2, -0.15) is 0 Å². The van der Waals surface area contributed by atoms with Crippen molar-refractivity contribution < 1.29 is 23.9 Å². The van der Waals surface area contributed by atoms with Gasteiger partial charge < -0.3 is 14.8 Å². The molecule has 136 valence electrons. The second-order valence-corrected chi connectivity index (χ2v) is 6.52. The molecule has 2 aromatic rings. The first-order chi connectivity index (χ1) is 12.4. The van der Waals surface area contributed by atoms with Crippen molar-refractivity contribution in [2.45, 2.75) is 20.0 Å². The summed E-state index contributed by atoms with van der Waals surface area (Å²) in [6.07, 6.45) is 2.69. The van der Waals surface area contributed by atoms with Crippen LogP contribution in [0.5, 0.6) is 0 Å². The maximum Gasteiger partial charge on any atom is 0.338 e. The number of benzene rings is 1. The molecule has 1 aromatic carbocycles. The molecule has 0 bridgehead atoms. The molecule has 7 heteroatoms. The summed E-state index contributed by atoms with van der Waals surface area (Å²) in [5, 5.41) is 4.48. The van der Waals surface area contributed by atoms with E-state index in [4.69, 9.17) is 9.47 Å². The van der Waals surface area contributed by atoms with Crippen molar-refractivity contribution in [1.82, 2.24) is 0 Å². The monoisotopic (exact) mass is 373 g/mol. The highest BCUT2D eigenvalue weighted by molar-refractivity contribution is 7.10. The number of anilines is 1. The number of carbonyl (C=O) groups is 3. The van der Waals surface area contributed by atoms with Crippen LogP contribution in [-0.4, -0.2) is 30.6 Å². The van der Waals surface area contributed by atoms with Crippen molar-refractivity contribution in [1.29, 1.82) is 0 Å².